The molecule has 1 N–H and O–H groups in total. The second-order valence-corrected chi connectivity index (χ2v) is 16.3. The van der Waals surface area contributed by atoms with Crippen LogP contribution in [0.1, 0.15) is 47.1 Å². The molecule has 0 aliphatic carbocycles. The molecule has 0 saturated carbocycles. The number of ether oxygens (including phenoxy) is 1. The zero-order chi connectivity index (χ0) is 37.4. The molecule has 4 aromatic heterocycles. The van der Waals surface area contributed by atoms with E-state index < -0.39 is 15.9 Å². The first kappa shape index (κ1) is 36.5. The van der Waals surface area contributed by atoms with Crippen LogP contribution in [0.3, 0.4) is 0 Å². The number of likely N-dealkylation sites (tertiary alicyclic amines) is 1. The van der Waals surface area contributed by atoms with E-state index in [9.17, 15) is 23.3 Å². The smallest absolute Gasteiger partial charge is 0.267 e. The highest BCUT2D eigenvalue weighted by atomic mass is 35.5. The Morgan fingerprint density at radius 3 is 2.66 bits per heavy atom. The number of sulfonamides is 1. The molecule has 2 fully saturated rings. The van der Waals surface area contributed by atoms with Crippen molar-refractivity contribution in [1.82, 2.24) is 29.1 Å². The zero-order valence-corrected chi connectivity index (χ0v) is 31.6. The lowest BCUT2D eigenvalue weighted by Gasteiger charge is -2.43. The minimum absolute atomic E-state index is 0.00163. The molecule has 272 valence electrons. The van der Waals surface area contributed by atoms with Gasteiger partial charge in [0, 0.05) is 59.5 Å². The van der Waals surface area contributed by atoms with Gasteiger partial charge in [0.1, 0.15) is 23.3 Å². The van der Waals surface area contributed by atoms with Gasteiger partial charge in [-0.2, -0.15) is 5.26 Å². The van der Waals surface area contributed by atoms with E-state index in [4.69, 9.17) is 16.3 Å². The highest BCUT2D eigenvalue weighted by Crippen LogP contribution is 2.36. The van der Waals surface area contributed by atoms with Crippen molar-refractivity contribution >= 4 is 65.8 Å². The summed E-state index contributed by atoms with van der Waals surface area (Å²) in [6.45, 7) is 6.58. The van der Waals surface area contributed by atoms with Gasteiger partial charge in [-0.25, -0.2) is 23.1 Å². The number of nitriles is 1. The normalized spacial score (nSPS) is 15.5. The van der Waals surface area contributed by atoms with Crippen LogP contribution >= 0.6 is 22.9 Å². The molecule has 0 radical (unpaired) electrons. The summed E-state index contributed by atoms with van der Waals surface area (Å²) < 4.78 is 33.7. The Kier molecular flexibility index (Phi) is 10.2. The second kappa shape index (κ2) is 14.9. The van der Waals surface area contributed by atoms with Crippen LogP contribution in [0.25, 0.3) is 32.2 Å². The number of piperidine rings is 1. The van der Waals surface area contributed by atoms with Crippen LogP contribution in [0.15, 0.2) is 46.8 Å². The first-order valence-electron chi connectivity index (χ1n) is 17.0. The Morgan fingerprint density at radius 2 is 1.96 bits per heavy atom. The van der Waals surface area contributed by atoms with Crippen molar-refractivity contribution in [2.75, 3.05) is 44.0 Å². The van der Waals surface area contributed by atoms with E-state index in [1.54, 1.807) is 42.8 Å². The van der Waals surface area contributed by atoms with Crippen molar-refractivity contribution in [2.24, 2.45) is 0 Å². The van der Waals surface area contributed by atoms with Crippen molar-refractivity contribution in [3.05, 3.63) is 79.9 Å². The number of anilines is 1. The number of aryl methyl sites for hydroxylation is 1. The van der Waals surface area contributed by atoms with Gasteiger partial charge in [-0.1, -0.05) is 23.4 Å². The summed E-state index contributed by atoms with van der Waals surface area (Å²) in [6, 6.07) is 9.91. The maximum atomic E-state index is 14.1. The van der Waals surface area contributed by atoms with Gasteiger partial charge in [-0.05, 0) is 51.0 Å². The molecule has 2 aliphatic rings. The molecule has 5 aromatic rings. The summed E-state index contributed by atoms with van der Waals surface area (Å²) in [7, 11) is -1.84. The monoisotopic (exact) mass is 770 g/mol. The molecule has 7 rings (SSSR count). The van der Waals surface area contributed by atoms with E-state index in [-0.39, 0.29) is 40.4 Å². The van der Waals surface area contributed by atoms with E-state index in [1.807, 2.05) is 11.9 Å². The lowest BCUT2D eigenvalue weighted by atomic mass is 10.00. The highest BCUT2D eigenvalue weighted by Gasteiger charge is 2.32. The van der Waals surface area contributed by atoms with Crippen LogP contribution < -0.4 is 15.2 Å². The van der Waals surface area contributed by atoms with E-state index in [2.05, 4.69) is 42.5 Å². The Hall–Kier alpha value is -4.90. The topological polar surface area (TPSA) is 163 Å². The van der Waals surface area contributed by atoms with Crippen molar-refractivity contribution in [3.63, 3.8) is 0 Å². The van der Waals surface area contributed by atoms with E-state index in [0.29, 0.717) is 55.1 Å². The number of amides is 1. The van der Waals surface area contributed by atoms with Crippen molar-refractivity contribution in [3.8, 4) is 29.0 Å². The van der Waals surface area contributed by atoms with Crippen LogP contribution in [-0.2, 0) is 21.3 Å². The Morgan fingerprint density at radius 1 is 1.19 bits per heavy atom. The van der Waals surface area contributed by atoms with Crippen molar-refractivity contribution in [2.45, 2.75) is 45.3 Å². The van der Waals surface area contributed by atoms with Gasteiger partial charge in [0.05, 0.1) is 64.4 Å². The summed E-state index contributed by atoms with van der Waals surface area (Å²) in [6.07, 6.45) is 4.92. The second-order valence-electron chi connectivity index (χ2n) is 13.0. The highest BCUT2D eigenvalue weighted by molar-refractivity contribution is 7.90. The molecular weight excluding hydrogens is 736 g/mol. The minimum atomic E-state index is -3.77. The Balaban J connectivity index is 1.19. The first-order chi connectivity index (χ1) is 25.5. The number of halogens is 1. The number of rotatable bonds is 8. The maximum Gasteiger partial charge on any atom is 0.267 e. The van der Waals surface area contributed by atoms with Gasteiger partial charge < -0.3 is 9.64 Å². The predicted molar refractivity (Wildman–Crippen MR) is 205 cm³/mol. The number of benzene rings is 1. The van der Waals surface area contributed by atoms with Crippen molar-refractivity contribution < 1.29 is 17.9 Å². The average Bonchev–Trinajstić information content (AvgIpc) is 3.57. The number of carbonyl (C=O) groups is 1. The summed E-state index contributed by atoms with van der Waals surface area (Å²) in [5.41, 5.74) is 2.64. The zero-order valence-electron chi connectivity index (χ0n) is 29.2. The lowest BCUT2D eigenvalue weighted by Crippen LogP contribution is -2.54. The summed E-state index contributed by atoms with van der Waals surface area (Å²) in [5, 5.41) is 12.6. The number of carbonyl (C=O) groups excluding carboxylic acids is 1. The third kappa shape index (κ3) is 7.11. The van der Waals surface area contributed by atoms with Gasteiger partial charge in [0.25, 0.3) is 11.5 Å². The summed E-state index contributed by atoms with van der Waals surface area (Å²) in [4.78, 5) is 45.0. The van der Waals surface area contributed by atoms with Gasteiger partial charge in [-0.3, -0.25) is 24.0 Å². The predicted octanol–water partition coefficient (Wildman–Crippen LogP) is 4.33. The SMILES string of the molecule is CCS(=O)(=O)NC(=O)c1csc2c(-c3cc(Cl)ccc3C#CCn3c(C)nc4cnc(N(C)C5CCN(C6COC6)CC5)c(C#N)c4c3=O)ccnc12. The third-order valence-corrected chi connectivity index (χ3v) is 12.4. The lowest BCUT2D eigenvalue weighted by molar-refractivity contribution is -0.0711. The van der Waals surface area contributed by atoms with Gasteiger partial charge in [0.15, 0.2) is 0 Å². The molecule has 0 unspecified atom stereocenters. The van der Waals surface area contributed by atoms with Crippen LogP contribution in [0.4, 0.5) is 5.82 Å². The third-order valence-electron chi connectivity index (χ3n) is 9.86. The molecule has 13 nitrogen and oxygen atoms in total. The molecule has 53 heavy (non-hydrogen) atoms. The van der Waals surface area contributed by atoms with Gasteiger partial charge >= 0.3 is 0 Å². The number of aromatic nitrogens is 4. The average molecular weight is 771 g/mol. The number of hydrogen-bond donors (Lipinski definition) is 1. The number of hydrogen-bond acceptors (Lipinski definition) is 12. The standard InChI is InChI=1S/C37H35ClN8O5S2/c1-4-53(49,50)43-36(47)30-21-52-34-27(9-12-40-33(30)34)28-16-24(38)8-7-23(28)6-5-13-46-22(2)42-31-18-41-35(29(17-39)32(31)37(46)48)44(3)25-10-14-45(15-11-25)26-19-51-20-26/h7-9,12,16,18,21,25-26H,4,10-11,13-15,19-20H2,1-3H3,(H,43,47). The van der Waals surface area contributed by atoms with Crippen LogP contribution in [0, 0.1) is 30.1 Å². The quantitative estimate of drug-likeness (QED) is 0.224. The number of pyridine rings is 2. The number of fused-ring (bicyclic) bond motifs is 2. The molecule has 0 bridgehead atoms. The molecule has 0 spiro atoms. The van der Waals surface area contributed by atoms with Crippen LogP contribution in [0.5, 0.6) is 0 Å². The number of thiophene rings is 1. The fraction of sp³-hybridized carbons (Fsp3) is 0.351. The molecule has 6 heterocycles. The van der Waals surface area contributed by atoms with Gasteiger partial charge in [0.2, 0.25) is 10.0 Å². The first-order valence-corrected chi connectivity index (χ1v) is 19.9. The van der Waals surface area contributed by atoms with Crippen LogP contribution in [0.2, 0.25) is 5.02 Å². The molecule has 1 amide bonds. The summed E-state index contributed by atoms with van der Waals surface area (Å²) in [5.74, 6) is 6.18. The van der Waals surface area contributed by atoms with E-state index in [0.717, 1.165) is 39.1 Å². The fourth-order valence-corrected chi connectivity index (χ4v) is 8.49. The van der Waals surface area contributed by atoms with Gasteiger partial charge in [-0.15, -0.1) is 11.3 Å². The molecule has 16 heteroatoms. The van der Waals surface area contributed by atoms with Crippen molar-refractivity contribution in [1.29, 1.82) is 5.26 Å². The fourth-order valence-electron chi connectivity index (χ4n) is 6.75. The van der Waals surface area contributed by atoms with E-state index >= 15 is 0 Å². The number of nitrogens with zero attached hydrogens (tertiary/aromatic N) is 7. The molecule has 2 saturated heterocycles. The molecule has 2 aliphatic heterocycles. The molecular formula is C37H35ClN8O5S2. The molecule has 0 atom stereocenters. The molecule has 1 aromatic carbocycles. The number of nitrogens with one attached hydrogen (secondary N) is 1. The Bertz CT molecular complexity index is 2540. The Labute approximate surface area is 315 Å². The summed E-state index contributed by atoms with van der Waals surface area (Å²) >= 11 is 7.70. The maximum absolute atomic E-state index is 14.1. The minimum Gasteiger partial charge on any atom is -0.378 e. The van der Waals surface area contributed by atoms with E-state index in [1.165, 1.54) is 29.0 Å². The van der Waals surface area contributed by atoms with Crippen LogP contribution in [-0.4, -0.2) is 89.9 Å². The largest absolute Gasteiger partial charge is 0.378 e.